The van der Waals surface area contributed by atoms with Crippen molar-refractivity contribution in [1.29, 1.82) is 0 Å². The Morgan fingerprint density at radius 3 is 2.81 bits per heavy atom. The molecule has 2 saturated heterocycles. The van der Waals surface area contributed by atoms with Gasteiger partial charge in [0.2, 0.25) is 0 Å². The third kappa shape index (κ3) is 2.78. The summed E-state index contributed by atoms with van der Waals surface area (Å²) in [4.78, 5) is 2.68. The van der Waals surface area contributed by atoms with Gasteiger partial charge < -0.3 is 10.2 Å². The molecule has 1 N–H and O–H groups in total. The van der Waals surface area contributed by atoms with Crippen molar-refractivity contribution < 1.29 is 0 Å². The Hall–Kier alpha value is -0.0800. The van der Waals surface area contributed by atoms with E-state index in [1.165, 1.54) is 51.9 Å². The molecular weight excluding hydrogens is 196 g/mol. The van der Waals surface area contributed by atoms with Crippen LogP contribution in [0.15, 0.2) is 0 Å². The molecule has 0 spiro atoms. The lowest BCUT2D eigenvalue weighted by atomic mass is 9.77. The second kappa shape index (κ2) is 5.05. The summed E-state index contributed by atoms with van der Waals surface area (Å²) in [5.41, 5.74) is 0.489. The molecule has 2 fully saturated rings. The lowest BCUT2D eigenvalue weighted by Crippen LogP contribution is -2.52. The molecule has 2 atom stereocenters. The van der Waals surface area contributed by atoms with Gasteiger partial charge in [0.05, 0.1) is 0 Å². The van der Waals surface area contributed by atoms with Crippen molar-refractivity contribution in [3.63, 3.8) is 0 Å². The largest absolute Gasteiger partial charge is 0.312 e. The number of hydrogen-bond acceptors (Lipinski definition) is 2. The van der Waals surface area contributed by atoms with E-state index in [0.717, 1.165) is 5.92 Å². The highest BCUT2D eigenvalue weighted by atomic mass is 15.2. The fourth-order valence-electron chi connectivity index (χ4n) is 3.25. The summed E-state index contributed by atoms with van der Waals surface area (Å²) in [6.07, 6.45) is 5.51. The zero-order valence-electron chi connectivity index (χ0n) is 11.3. The number of piperidine rings is 1. The van der Waals surface area contributed by atoms with Gasteiger partial charge in [-0.3, -0.25) is 0 Å². The van der Waals surface area contributed by atoms with Crippen molar-refractivity contribution in [3.05, 3.63) is 0 Å². The van der Waals surface area contributed by atoms with E-state index < -0.39 is 0 Å². The highest BCUT2D eigenvalue weighted by Crippen LogP contribution is 2.31. The molecule has 2 unspecified atom stereocenters. The molecule has 0 amide bonds. The van der Waals surface area contributed by atoms with Crippen molar-refractivity contribution in [1.82, 2.24) is 10.2 Å². The highest BCUT2D eigenvalue weighted by Gasteiger charge is 2.34. The molecule has 0 aromatic rings. The number of nitrogens with one attached hydrogen (secondary N) is 1. The molecule has 94 valence electrons. The van der Waals surface area contributed by atoms with Crippen LogP contribution < -0.4 is 5.32 Å². The monoisotopic (exact) mass is 224 g/mol. The summed E-state index contributed by atoms with van der Waals surface area (Å²) in [5.74, 6) is 0.965. The highest BCUT2D eigenvalue weighted by molar-refractivity contribution is 4.91. The first kappa shape index (κ1) is 12.4. The van der Waals surface area contributed by atoms with Crippen molar-refractivity contribution in [2.75, 3.05) is 26.2 Å². The molecule has 2 aliphatic rings. The van der Waals surface area contributed by atoms with Gasteiger partial charge in [0.1, 0.15) is 0 Å². The van der Waals surface area contributed by atoms with E-state index in [4.69, 9.17) is 0 Å². The Labute approximate surface area is 101 Å². The van der Waals surface area contributed by atoms with E-state index in [1.807, 2.05) is 0 Å². The molecule has 2 rings (SSSR count). The Bertz CT molecular complexity index is 225. The fraction of sp³-hybridized carbons (Fsp3) is 1.00. The number of rotatable bonds is 3. The van der Waals surface area contributed by atoms with Crippen molar-refractivity contribution in [3.8, 4) is 0 Å². The molecule has 0 saturated carbocycles. The Morgan fingerprint density at radius 2 is 2.19 bits per heavy atom. The Kier molecular flexibility index (Phi) is 3.91. The average molecular weight is 224 g/mol. The maximum Gasteiger partial charge on any atom is 0.0246 e. The summed E-state index contributed by atoms with van der Waals surface area (Å²) in [7, 11) is 0. The predicted octanol–water partition coefficient (Wildman–Crippen LogP) is 2.50. The van der Waals surface area contributed by atoms with Gasteiger partial charge >= 0.3 is 0 Å². The average Bonchev–Trinajstić information content (AvgIpc) is 2.69. The van der Waals surface area contributed by atoms with Gasteiger partial charge in [0, 0.05) is 19.1 Å². The van der Waals surface area contributed by atoms with Crippen LogP contribution in [0.5, 0.6) is 0 Å². The maximum atomic E-state index is 3.73. The van der Waals surface area contributed by atoms with Gasteiger partial charge in [-0.1, -0.05) is 27.2 Å². The first-order chi connectivity index (χ1) is 7.62. The quantitative estimate of drug-likeness (QED) is 0.792. The summed E-state index contributed by atoms with van der Waals surface area (Å²) in [6.45, 7) is 12.3. The molecule has 2 nitrogen and oxygen atoms in total. The molecule has 0 aromatic heterocycles. The molecular formula is C14H28N2. The first-order valence-electron chi connectivity index (χ1n) is 7.07. The summed E-state index contributed by atoms with van der Waals surface area (Å²) in [5, 5.41) is 3.73. The summed E-state index contributed by atoms with van der Waals surface area (Å²) in [6, 6.07) is 0.705. The minimum atomic E-state index is 0.489. The van der Waals surface area contributed by atoms with Crippen LogP contribution in [0.3, 0.4) is 0 Å². The molecule has 2 heteroatoms. The zero-order valence-corrected chi connectivity index (χ0v) is 11.3. The third-order valence-electron chi connectivity index (χ3n) is 4.72. The van der Waals surface area contributed by atoms with Crippen molar-refractivity contribution in [2.24, 2.45) is 11.3 Å². The van der Waals surface area contributed by atoms with E-state index in [9.17, 15) is 0 Å². The van der Waals surface area contributed by atoms with Gasteiger partial charge in [-0.2, -0.15) is 0 Å². The van der Waals surface area contributed by atoms with E-state index in [1.54, 1.807) is 0 Å². The SMILES string of the molecule is CCC1CCN(CC2NCCCC2(C)C)C1. The van der Waals surface area contributed by atoms with Crippen LogP contribution in [0.1, 0.15) is 46.5 Å². The minimum absolute atomic E-state index is 0.489. The van der Waals surface area contributed by atoms with Gasteiger partial charge in [0.15, 0.2) is 0 Å². The molecule has 16 heavy (non-hydrogen) atoms. The van der Waals surface area contributed by atoms with Crippen LogP contribution in [-0.2, 0) is 0 Å². The molecule has 0 radical (unpaired) electrons. The van der Waals surface area contributed by atoms with Crippen LogP contribution in [0.2, 0.25) is 0 Å². The maximum absolute atomic E-state index is 3.73. The lowest BCUT2D eigenvalue weighted by Gasteiger charge is -2.41. The molecule has 2 heterocycles. The van der Waals surface area contributed by atoms with Crippen LogP contribution in [0.4, 0.5) is 0 Å². The fourth-order valence-corrected chi connectivity index (χ4v) is 3.25. The van der Waals surface area contributed by atoms with Gasteiger partial charge in [-0.05, 0) is 43.7 Å². The number of hydrogen-bond donors (Lipinski definition) is 1. The number of likely N-dealkylation sites (tertiary alicyclic amines) is 1. The third-order valence-corrected chi connectivity index (χ3v) is 4.72. The van der Waals surface area contributed by atoms with Crippen LogP contribution >= 0.6 is 0 Å². The molecule has 0 aromatic carbocycles. The topological polar surface area (TPSA) is 15.3 Å². The Balaban J connectivity index is 1.84. The second-order valence-electron chi connectivity index (χ2n) is 6.42. The second-order valence-corrected chi connectivity index (χ2v) is 6.42. The normalized spacial score (nSPS) is 35.4. The van der Waals surface area contributed by atoms with Gasteiger partial charge in [0.25, 0.3) is 0 Å². The standard InChI is InChI=1S/C14H28N2/c1-4-12-6-9-16(10-12)11-13-14(2,3)7-5-8-15-13/h12-13,15H,4-11H2,1-3H3. The Morgan fingerprint density at radius 1 is 1.38 bits per heavy atom. The first-order valence-corrected chi connectivity index (χ1v) is 7.07. The summed E-state index contributed by atoms with van der Waals surface area (Å²) < 4.78 is 0. The lowest BCUT2D eigenvalue weighted by molar-refractivity contribution is 0.136. The number of nitrogens with zero attached hydrogens (tertiary/aromatic N) is 1. The predicted molar refractivity (Wildman–Crippen MR) is 69.6 cm³/mol. The summed E-state index contributed by atoms with van der Waals surface area (Å²) >= 11 is 0. The van der Waals surface area contributed by atoms with Crippen LogP contribution in [-0.4, -0.2) is 37.1 Å². The van der Waals surface area contributed by atoms with Crippen molar-refractivity contribution >= 4 is 0 Å². The smallest absolute Gasteiger partial charge is 0.0246 e. The zero-order chi connectivity index (χ0) is 11.6. The molecule has 0 bridgehead atoms. The van der Waals surface area contributed by atoms with Crippen molar-refractivity contribution in [2.45, 2.75) is 52.5 Å². The van der Waals surface area contributed by atoms with Gasteiger partial charge in [-0.25, -0.2) is 0 Å². The molecule has 2 aliphatic heterocycles. The van der Waals surface area contributed by atoms with Crippen LogP contribution in [0, 0.1) is 11.3 Å². The minimum Gasteiger partial charge on any atom is -0.312 e. The van der Waals surface area contributed by atoms with Gasteiger partial charge in [-0.15, -0.1) is 0 Å². The van der Waals surface area contributed by atoms with E-state index in [0.29, 0.717) is 11.5 Å². The van der Waals surface area contributed by atoms with E-state index >= 15 is 0 Å². The van der Waals surface area contributed by atoms with E-state index in [-0.39, 0.29) is 0 Å². The molecule has 0 aliphatic carbocycles. The van der Waals surface area contributed by atoms with Crippen LogP contribution in [0.25, 0.3) is 0 Å². The van der Waals surface area contributed by atoms with E-state index in [2.05, 4.69) is 31.0 Å².